The molecule has 0 amide bonds. The van der Waals surface area contributed by atoms with E-state index in [1.165, 1.54) is 64.2 Å². The summed E-state index contributed by atoms with van der Waals surface area (Å²) in [5.41, 5.74) is 0. The molecule has 0 aliphatic rings. The van der Waals surface area contributed by atoms with E-state index in [1.807, 2.05) is 0 Å². The number of hydrogen-bond acceptors (Lipinski definition) is 6. The summed E-state index contributed by atoms with van der Waals surface area (Å²) < 4.78 is 16.7. The Labute approximate surface area is 357 Å². The van der Waals surface area contributed by atoms with Crippen LogP contribution in [-0.2, 0) is 28.6 Å². The Hall–Kier alpha value is -3.15. The van der Waals surface area contributed by atoms with Gasteiger partial charge in [-0.1, -0.05) is 203 Å². The third-order valence-electron chi connectivity index (χ3n) is 10.0. The second kappa shape index (κ2) is 46.5. The molecule has 0 rings (SSSR count). The lowest BCUT2D eigenvalue weighted by Crippen LogP contribution is -2.30. The zero-order valence-corrected chi connectivity index (χ0v) is 37.8. The maximum Gasteiger partial charge on any atom is 0.306 e. The Kier molecular flexibility index (Phi) is 44.0. The van der Waals surface area contributed by atoms with E-state index in [0.29, 0.717) is 19.3 Å². The fourth-order valence-electron chi connectivity index (χ4n) is 6.46. The van der Waals surface area contributed by atoms with Gasteiger partial charge in [-0.15, -0.1) is 0 Å². The molecular weight excluding hydrogens is 721 g/mol. The number of carbonyl (C=O) groups is 3. The van der Waals surface area contributed by atoms with Gasteiger partial charge in [0.15, 0.2) is 6.10 Å². The van der Waals surface area contributed by atoms with Crippen LogP contribution >= 0.6 is 0 Å². The number of hydrogen-bond donors (Lipinski definition) is 0. The third kappa shape index (κ3) is 44.0. The molecule has 0 aliphatic carbocycles. The topological polar surface area (TPSA) is 78.9 Å². The van der Waals surface area contributed by atoms with Gasteiger partial charge in [0.1, 0.15) is 13.2 Å². The van der Waals surface area contributed by atoms with E-state index in [-0.39, 0.29) is 31.1 Å². The summed E-state index contributed by atoms with van der Waals surface area (Å²) in [5.74, 6) is -0.936. The summed E-state index contributed by atoms with van der Waals surface area (Å²) in [6.45, 7) is 6.35. The summed E-state index contributed by atoms with van der Waals surface area (Å²) in [5, 5.41) is 0. The summed E-state index contributed by atoms with van der Waals surface area (Å²) in [6.07, 6.45) is 57.4. The first-order chi connectivity index (χ1) is 28.5. The number of carbonyl (C=O) groups excluding carboxylic acids is 3. The second-order valence-electron chi connectivity index (χ2n) is 15.7. The van der Waals surface area contributed by atoms with Crippen LogP contribution in [0.15, 0.2) is 72.9 Å². The Morgan fingerprint density at radius 3 is 1.24 bits per heavy atom. The Morgan fingerprint density at radius 1 is 0.379 bits per heavy atom. The summed E-state index contributed by atoms with van der Waals surface area (Å²) in [6, 6.07) is 0. The zero-order chi connectivity index (χ0) is 42.3. The molecule has 0 radical (unpaired) electrons. The number of unbranched alkanes of at least 4 members (excludes halogenated alkanes) is 21. The average molecular weight is 809 g/mol. The molecule has 1 atom stereocenters. The van der Waals surface area contributed by atoms with E-state index in [4.69, 9.17) is 14.2 Å². The van der Waals surface area contributed by atoms with Crippen molar-refractivity contribution in [3.05, 3.63) is 72.9 Å². The Morgan fingerprint density at radius 2 is 0.759 bits per heavy atom. The highest BCUT2D eigenvalue weighted by molar-refractivity contribution is 5.71. The van der Waals surface area contributed by atoms with Gasteiger partial charge in [-0.2, -0.15) is 0 Å². The van der Waals surface area contributed by atoms with Gasteiger partial charge in [-0.3, -0.25) is 14.4 Å². The molecule has 0 spiro atoms. The number of rotatable bonds is 42. The van der Waals surface area contributed by atoms with Gasteiger partial charge in [0, 0.05) is 19.3 Å². The normalized spacial score (nSPS) is 12.7. The van der Waals surface area contributed by atoms with Crippen LogP contribution in [0.5, 0.6) is 0 Å². The van der Waals surface area contributed by atoms with E-state index >= 15 is 0 Å². The van der Waals surface area contributed by atoms with Gasteiger partial charge >= 0.3 is 17.9 Å². The van der Waals surface area contributed by atoms with Crippen LogP contribution in [0.25, 0.3) is 0 Å². The molecule has 0 aromatic rings. The van der Waals surface area contributed by atoms with Gasteiger partial charge < -0.3 is 14.2 Å². The van der Waals surface area contributed by atoms with E-state index in [0.717, 1.165) is 116 Å². The maximum absolute atomic E-state index is 12.7. The molecule has 0 aromatic carbocycles. The molecule has 0 aromatic heterocycles. The first-order valence-electron chi connectivity index (χ1n) is 24.0. The number of allylic oxidation sites excluding steroid dienone is 12. The SMILES string of the molecule is CC/C=C/C=C/C=C/CCCCCCCC(=O)OC(COC(=O)CCCCCC/C=C/C/C=C/C/C=C/CC)COC(=O)CCCCCCCCCCCCCCC. The largest absolute Gasteiger partial charge is 0.462 e. The average Bonchev–Trinajstić information content (AvgIpc) is 3.22. The van der Waals surface area contributed by atoms with Crippen LogP contribution < -0.4 is 0 Å². The Bertz CT molecular complexity index is 1110. The molecule has 0 N–H and O–H groups in total. The monoisotopic (exact) mass is 809 g/mol. The maximum atomic E-state index is 12.7. The van der Waals surface area contributed by atoms with E-state index in [2.05, 4.69) is 93.7 Å². The number of esters is 3. The van der Waals surface area contributed by atoms with Gasteiger partial charge in [0.25, 0.3) is 0 Å². The lowest BCUT2D eigenvalue weighted by Gasteiger charge is -2.18. The smallest absolute Gasteiger partial charge is 0.306 e. The van der Waals surface area contributed by atoms with Crippen molar-refractivity contribution in [1.82, 2.24) is 0 Å². The molecule has 0 aliphatic heterocycles. The van der Waals surface area contributed by atoms with Crippen molar-refractivity contribution in [3.63, 3.8) is 0 Å². The Balaban J connectivity index is 4.44. The highest BCUT2D eigenvalue weighted by Crippen LogP contribution is 2.14. The van der Waals surface area contributed by atoms with Crippen molar-refractivity contribution in [2.24, 2.45) is 0 Å². The minimum Gasteiger partial charge on any atom is -0.462 e. The lowest BCUT2D eigenvalue weighted by molar-refractivity contribution is -0.167. The van der Waals surface area contributed by atoms with Crippen molar-refractivity contribution in [1.29, 1.82) is 0 Å². The van der Waals surface area contributed by atoms with E-state index in [1.54, 1.807) is 0 Å². The van der Waals surface area contributed by atoms with Crippen molar-refractivity contribution in [2.45, 2.75) is 226 Å². The molecule has 0 fully saturated rings. The molecular formula is C52H88O6. The van der Waals surface area contributed by atoms with Crippen LogP contribution in [0, 0.1) is 0 Å². The van der Waals surface area contributed by atoms with Gasteiger partial charge in [-0.25, -0.2) is 0 Å². The predicted molar refractivity (Wildman–Crippen MR) is 247 cm³/mol. The minimum atomic E-state index is -0.792. The fraction of sp³-hybridized carbons (Fsp3) is 0.712. The summed E-state index contributed by atoms with van der Waals surface area (Å²) >= 11 is 0. The molecule has 0 heterocycles. The molecule has 0 bridgehead atoms. The van der Waals surface area contributed by atoms with Crippen molar-refractivity contribution >= 4 is 17.9 Å². The minimum absolute atomic E-state index is 0.0902. The first-order valence-corrected chi connectivity index (χ1v) is 24.0. The summed E-state index contributed by atoms with van der Waals surface area (Å²) in [7, 11) is 0. The van der Waals surface area contributed by atoms with E-state index < -0.39 is 6.10 Å². The fourth-order valence-corrected chi connectivity index (χ4v) is 6.46. The van der Waals surface area contributed by atoms with Crippen LogP contribution in [0.4, 0.5) is 0 Å². The standard InChI is InChI=1S/C52H88O6/c1-4-7-10-13-16-19-22-25-28-30-33-36-39-42-45-51(54)57-48-49(58-52(55)46-43-40-37-34-31-27-24-21-18-15-12-9-6-3)47-56-50(53)44-41-38-35-32-29-26-23-20-17-14-11-8-5-2/h7,9-10,12,15-16,18-19,21,24-25,28,49H,4-6,8,11,13-14,17,20,22-23,26-27,29-48H2,1-3H3/b10-7+,12-9+,18-15+,19-16+,24-21+,28-25+. The van der Waals surface area contributed by atoms with Gasteiger partial charge in [0.05, 0.1) is 0 Å². The van der Waals surface area contributed by atoms with Gasteiger partial charge in [-0.05, 0) is 70.6 Å². The molecule has 1 unspecified atom stereocenters. The van der Waals surface area contributed by atoms with Crippen LogP contribution in [0.1, 0.15) is 220 Å². The highest BCUT2D eigenvalue weighted by Gasteiger charge is 2.19. The highest BCUT2D eigenvalue weighted by atomic mass is 16.6. The first kappa shape index (κ1) is 54.9. The van der Waals surface area contributed by atoms with Crippen LogP contribution in [0.2, 0.25) is 0 Å². The third-order valence-corrected chi connectivity index (χ3v) is 10.0. The number of ether oxygens (including phenoxy) is 3. The summed E-state index contributed by atoms with van der Waals surface area (Å²) in [4.78, 5) is 37.8. The second-order valence-corrected chi connectivity index (χ2v) is 15.7. The van der Waals surface area contributed by atoms with Crippen molar-refractivity contribution < 1.29 is 28.6 Å². The predicted octanol–water partition coefficient (Wildman–Crippen LogP) is 15.5. The van der Waals surface area contributed by atoms with Crippen molar-refractivity contribution in [3.8, 4) is 0 Å². The van der Waals surface area contributed by atoms with Crippen LogP contribution in [-0.4, -0.2) is 37.2 Å². The zero-order valence-electron chi connectivity index (χ0n) is 37.8. The molecule has 6 nitrogen and oxygen atoms in total. The van der Waals surface area contributed by atoms with Crippen LogP contribution in [0.3, 0.4) is 0 Å². The molecule has 332 valence electrons. The molecule has 0 saturated heterocycles. The van der Waals surface area contributed by atoms with Crippen molar-refractivity contribution in [2.75, 3.05) is 13.2 Å². The quantitative estimate of drug-likeness (QED) is 0.0201. The van der Waals surface area contributed by atoms with E-state index in [9.17, 15) is 14.4 Å². The molecule has 58 heavy (non-hydrogen) atoms. The molecule has 6 heteroatoms. The molecule has 0 saturated carbocycles. The van der Waals surface area contributed by atoms with Gasteiger partial charge in [0.2, 0.25) is 0 Å². The lowest BCUT2D eigenvalue weighted by atomic mass is 10.0.